The average Bonchev–Trinajstić information content (AvgIpc) is 3.02. The van der Waals surface area contributed by atoms with Crippen molar-refractivity contribution in [1.82, 2.24) is 9.71 Å². The molecule has 2 N–H and O–H groups in total. The Morgan fingerprint density at radius 1 is 1.33 bits per heavy atom. The molecule has 0 saturated heterocycles. The highest BCUT2D eigenvalue weighted by Crippen LogP contribution is 2.22. The quantitative estimate of drug-likeness (QED) is 0.772. The molecule has 0 spiro atoms. The first-order chi connectivity index (χ1) is 11.3. The zero-order valence-electron chi connectivity index (χ0n) is 13.2. The number of hydrogen-bond acceptors (Lipinski definition) is 5. The summed E-state index contributed by atoms with van der Waals surface area (Å²) in [5, 5.41) is 5.11. The van der Waals surface area contributed by atoms with Crippen molar-refractivity contribution >= 4 is 32.4 Å². The molecule has 1 heterocycles. The second-order valence-electron chi connectivity index (χ2n) is 5.24. The molecule has 0 saturated carbocycles. The number of nitrogens with one attached hydrogen (secondary N) is 2. The summed E-state index contributed by atoms with van der Waals surface area (Å²) < 4.78 is 26.1. The molecule has 0 atom stereocenters. The smallest absolute Gasteiger partial charge is 0.257 e. The maximum atomic E-state index is 12.2. The van der Waals surface area contributed by atoms with Crippen molar-refractivity contribution in [2.75, 3.05) is 11.9 Å². The van der Waals surface area contributed by atoms with Crippen LogP contribution in [0.3, 0.4) is 0 Å². The van der Waals surface area contributed by atoms with Crippen molar-refractivity contribution in [3.63, 3.8) is 0 Å². The molecule has 0 aliphatic rings. The molecule has 0 aliphatic carbocycles. The van der Waals surface area contributed by atoms with E-state index in [0.29, 0.717) is 10.7 Å². The van der Waals surface area contributed by atoms with Gasteiger partial charge in [0.05, 0.1) is 17.1 Å². The van der Waals surface area contributed by atoms with Gasteiger partial charge in [0, 0.05) is 10.9 Å². The van der Waals surface area contributed by atoms with Crippen molar-refractivity contribution in [1.29, 1.82) is 0 Å². The van der Waals surface area contributed by atoms with Gasteiger partial charge >= 0.3 is 0 Å². The number of sulfonamides is 1. The lowest BCUT2D eigenvalue weighted by molar-refractivity contribution is 0.102. The van der Waals surface area contributed by atoms with Gasteiger partial charge in [0.2, 0.25) is 10.0 Å². The molecule has 0 unspecified atom stereocenters. The summed E-state index contributed by atoms with van der Waals surface area (Å²) in [6, 6.07) is 5.60. The Hall–Kier alpha value is -2.21. The molecule has 1 aromatic carbocycles. The molecule has 2 aromatic rings. The first-order valence-electron chi connectivity index (χ1n) is 7.13. The maximum absolute atomic E-state index is 12.2. The lowest BCUT2D eigenvalue weighted by atomic mass is 10.2. The Labute approximate surface area is 145 Å². The second kappa shape index (κ2) is 7.57. The molecule has 0 fully saturated rings. The third-order valence-electron chi connectivity index (χ3n) is 3.12. The van der Waals surface area contributed by atoms with Crippen LogP contribution in [0.15, 0.2) is 34.5 Å². The Morgan fingerprint density at radius 2 is 2.00 bits per heavy atom. The van der Waals surface area contributed by atoms with E-state index in [1.807, 2.05) is 19.2 Å². The minimum Gasteiger partial charge on any atom is -0.298 e. The molecular weight excluding hydrogens is 346 g/mol. The van der Waals surface area contributed by atoms with Gasteiger partial charge in [-0.25, -0.2) is 13.4 Å². The van der Waals surface area contributed by atoms with E-state index in [4.69, 9.17) is 6.42 Å². The predicted octanol–water partition coefficient (Wildman–Crippen LogP) is 2.43. The van der Waals surface area contributed by atoms with Crippen LogP contribution in [0.4, 0.5) is 5.13 Å². The summed E-state index contributed by atoms with van der Waals surface area (Å²) in [4.78, 5) is 16.6. The molecule has 0 bridgehead atoms. The number of hydrogen-bond donors (Lipinski definition) is 2. The van der Waals surface area contributed by atoms with Crippen LogP contribution in [0.1, 0.15) is 35.8 Å². The fourth-order valence-corrected chi connectivity index (χ4v) is 3.58. The number of anilines is 1. The van der Waals surface area contributed by atoms with Crippen LogP contribution in [0, 0.1) is 12.3 Å². The van der Waals surface area contributed by atoms with Gasteiger partial charge in [-0.15, -0.1) is 17.8 Å². The van der Waals surface area contributed by atoms with Crippen LogP contribution in [0.5, 0.6) is 0 Å². The van der Waals surface area contributed by atoms with E-state index in [-0.39, 0.29) is 23.3 Å². The predicted molar refractivity (Wildman–Crippen MR) is 94.6 cm³/mol. The number of nitrogens with zero attached hydrogens (tertiary/aromatic N) is 1. The normalized spacial score (nSPS) is 11.2. The third-order valence-corrected chi connectivity index (χ3v) is 5.32. The zero-order chi connectivity index (χ0) is 17.7. The summed E-state index contributed by atoms with van der Waals surface area (Å²) in [5.41, 5.74) is 1.25. The summed E-state index contributed by atoms with van der Waals surface area (Å²) in [6.07, 6.45) is 5.04. The molecule has 1 amide bonds. The third kappa shape index (κ3) is 4.41. The first kappa shape index (κ1) is 18.1. The molecule has 6 nitrogen and oxygen atoms in total. The summed E-state index contributed by atoms with van der Waals surface area (Å²) in [6.45, 7) is 3.95. The van der Waals surface area contributed by atoms with Crippen LogP contribution < -0.4 is 10.0 Å². The SMILES string of the molecule is C#CCNS(=O)(=O)c1ccc(C(=O)Nc2nc(C(C)C)cs2)cc1. The van der Waals surface area contributed by atoms with E-state index >= 15 is 0 Å². The number of terminal acetylenes is 1. The summed E-state index contributed by atoms with van der Waals surface area (Å²) in [7, 11) is -3.66. The van der Waals surface area contributed by atoms with E-state index in [0.717, 1.165) is 5.69 Å². The van der Waals surface area contributed by atoms with E-state index < -0.39 is 10.0 Å². The Morgan fingerprint density at radius 3 is 2.54 bits per heavy atom. The number of aromatic nitrogens is 1. The fourth-order valence-electron chi connectivity index (χ4n) is 1.78. The fraction of sp³-hybridized carbons (Fsp3) is 0.250. The van der Waals surface area contributed by atoms with Gasteiger partial charge in [-0.05, 0) is 30.2 Å². The molecule has 2 rings (SSSR count). The Bertz CT molecular complexity index is 863. The topological polar surface area (TPSA) is 88.2 Å². The van der Waals surface area contributed by atoms with Crippen molar-refractivity contribution in [2.24, 2.45) is 0 Å². The van der Waals surface area contributed by atoms with Crippen molar-refractivity contribution in [3.05, 3.63) is 40.9 Å². The molecule has 8 heteroatoms. The molecule has 24 heavy (non-hydrogen) atoms. The number of benzene rings is 1. The number of thiazole rings is 1. The van der Waals surface area contributed by atoms with Gasteiger partial charge < -0.3 is 0 Å². The first-order valence-corrected chi connectivity index (χ1v) is 9.49. The van der Waals surface area contributed by atoms with E-state index in [1.54, 1.807) is 0 Å². The van der Waals surface area contributed by atoms with E-state index in [1.165, 1.54) is 35.6 Å². The zero-order valence-corrected chi connectivity index (χ0v) is 14.9. The molecule has 126 valence electrons. The minimum absolute atomic E-state index is 0.0469. The van der Waals surface area contributed by atoms with Gasteiger partial charge in [-0.2, -0.15) is 4.72 Å². The van der Waals surface area contributed by atoms with Crippen molar-refractivity contribution in [2.45, 2.75) is 24.7 Å². The van der Waals surface area contributed by atoms with Crippen molar-refractivity contribution in [3.8, 4) is 12.3 Å². The number of carbonyl (C=O) groups is 1. The monoisotopic (exact) mass is 363 g/mol. The van der Waals surface area contributed by atoms with E-state index in [9.17, 15) is 13.2 Å². The van der Waals surface area contributed by atoms with Gasteiger partial charge in [0.15, 0.2) is 5.13 Å². The lowest BCUT2D eigenvalue weighted by Crippen LogP contribution is -2.24. The second-order valence-corrected chi connectivity index (χ2v) is 7.86. The average molecular weight is 363 g/mol. The van der Waals surface area contributed by atoms with Gasteiger partial charge in [-0.3, -0.25) is 10.1 Å². The Kier molecular flexibility index (Phi) is 5.72. The highest BCUT2D eigenvalue weighted by molar-refractivity contribution is 7.89. The minimum atomic E-state index is -3.66. The van der Waals surface area contributed by atoms with Gasteiger partial charge in [-0.1, -0.05) is 19.8 Å². The highest BCUT2D eigenvalue weighted by Gasteiger charge is 2.15. The van der Waals surface area contributed by atoms with Crippen LogP contribution in [-0.2, 0) is 10.0 Å². The van der Waals surface area contributed by atoms with Crippen LogP contribution >= 0.6 is 11.3 Å². The van der Waals surface area contributed by atoms with Crippen LogP contribution in [0.2, 0.25) is 0 Å². The van der Waals surface area contributed by atoms with Crippen LogP contribution in [-0.4, -0.2) is 25.9 Å². The molecule has 0 radical (unpaired) electrons. The highest BCUT2D eigenvalue weighted by atomic mass is 32.2. The van der Waals surface area contributed by atoms with Crippen molar-refractivity contribution < 1.29 is 13.2 Å². The van der Waals surface area contributed by atoms with Crippen LogP contribution in [0.25, 0.3) is 0 Å². The van der Waals surface area contributed by atoms with Gasteiger partial charge in [0.25, 0.3) is 5.91 Å². The maximum Gasteiger partial charge on any atom is 0.257 e. The van der Waals surface area contributed by atoms with E-state index in [2.05, 4.69) is 20.9 Å². The largest absolute Gasteiger partial charge is 0.298 e. The summed E-state index contributed by atoms with van der Waals surface area (Å²) in [5.74, 6) is 2.14. The number of rotatable bonds is 6. The van der Waals surface area contributed by atoms with Gasteiger partial charge in [0.1, 0.15) is 0 Å². The standard InChI is InChI=1S/C16H17N3O3S2/c1-4-9-17-24(21,22)13-7-5-12(6-8-13)15(20)19-16-18-14(10-23-16)11(2)3/h1,5-8,10-11,17H,9H2,2-3H3,(H,18,19,20). The Balaban J connectivity index is 2.09. The number of amides is 1. The number of carbonyl (C=O) groups excluding carboxylic acids is 1. The molecular formula is C16H17N3O3S2. The summed E-state index contributed by atoms with van der Waals surface area (Å²) >= 11 is 1.35. The lowest BCUT2D eigenvalue weighted by Gasteiger charge is -2.06. The molecule has 0 aliphatic heterocycles. The molecule has 1 aromatic heterocycles.